The highest BCUT2D eigenvalue weighted by Gasteiger charge is 2.29. The largest absolute Gasteiger partial charge is 0.497 e. The fourth-order valence-corrected chi connectivity index (χ4v) is 4.33. The second kappa shape index (κ2) is 7.70. The molecule has 2 aromatic rings. The number of nitrogens with one attached hydrogen (secondary N) is 1. The summed E-state index contributed by atoms with van der Waals surface area (Å²) in [6.07, 6.45) is 6.13. The molecule has 5 nitrogen and oxygen atoms in total. The number of anilines is 1. The third-order valence-electron chi connectivity index (χ3n) is 5.82. The van der Waals surface area contributed by atoms with Crippen molar-refractivity contribution in [2.24, 2.45) is 0 Å². The topological polar surface area (TPSA) is 42.3 Å². The van der Waals surface area contributed by atoms with Crippen molar-refractivity contribution in [2.75, 3.05) is 38.6 Å². The maximum Gasteiger partial charge on any atom is 0.133 e. The quantitative estimate of drug-likeness (QED) is 0.906. The van der Waals surface area contributed by atoms with Crippen molar-refractivity contribution in [2.45, 2.75) is 44.9 Å². The van der Waals surface area contributed by atoms with Gasteiger partial charge < -0.3 is 15.0 Å². The van der Waals surface area contributed by atoms with Crippen LogP contribution in [0.15, 0.2) is 24.3 Å². The van der Waals surface area contributed by atoms with Crippen molar-refractivity contribution in [3.05, 3.63) is 35.5 Å². The maximum absolute atomic E-state index is 5.31. The van der Waals surface area contributed by atoms with E-state index < -0.39 is 0 Å². The second-order valence-corrected chi connectivity index (χ2v) is 7.44. The standard InChI is InChI=1S/C21H30N4O/c1-3-24-14-6-7-16(15-24)20-19-8-4-5-13-22-21(19)25(23-20)17-9-11-18(26-2)12-10-17/h9-12,16,22H,3-8,13-15H2,1-2H3. The number of ether oxygens (including phenoxy) is 1. The fraction of sp³-hybridized carbons (Fsp3) is 0.571. The molecule has 0 radical (unpaired) electrons. The van der Waals surface area contributed by atoms with E-state index >= 15 is 0 Å². The van der Waals surface area contributed by atoms with Crippen LogP contribution >= 0.6 is 0 Å². The van der Waals surface area contributed by atoms with Gasteiger partial charge in [0.15, 0.2) is 0 Å². The van der Waals surface area contributed by atoms with Crippen LogP contribution in [-0.2, 0) is 6.42 Å². The summed E-state index contributed by atoms with van der Waals surface area (Å²) in [7, 11) is 1.71. The molecule has 0 aliphatic carbocycles. The van der Waals surface area contributed by atoms with E-state index in [4.69, 9.17) is 9.84 Å². The molecule has 0 spiro atoms. The predicted molar refractivity (Wildman–Crippen MR) is 106 cm³/mol. The first kappa shape index (κ1) is 17.4. The van der Waals surface area contributed by atoms with Gasteiger partial charge in [-0.3, -0.25) is 0 Å². The SMILES string of the molecule is CCN1CCCC(c2nn(-c3ccc(OC)cc3)c3c2CCCCN3)C1. The van der Waals surface area contributed by atoms with E-state index in [0.29, 0.717) is 5.92 Å². The molecule has 1 saturated heterocycles. The van der Waals surface area contributed by atoms with E-state index in [1.54, 1.807) is 7.11 Å². The van der Waals surface area contributed by atoms with Crippen LogP contribution in [0, 0.1) is 0 Å². The molecule has 3 heterocycles. The van der Waals surface area contributed by atoms with Crippen LogP contribution in [0.4, 0.5) is 5.82 Å². The number of hydrogen-bond donors (Lipinski definition) is 1. The zero-order chi connectivity index (χ0) is 17.9. The van der Waals surface area contributed by atoms with Crippen LogP contribution in [0.5, 0.6) is 5.75 Å². The van der Waals surface area contributed by atoms with Gasteiger partial charge in [0.05, 0.1) is 18.5 Å². The Bertz CT molecular complexity index is 737. The van der Waals surface area contributed by atoms with Gasteiger partial charge in [0, 0.05) is 24.6 Å². The van der Waals surface area contributed by atoms with E-state index in [1.165, 1.54) is 49.3 Å². The predicted octanol–water partition coefficient (Wildman–Crippen LogP) is 3.83. The van der Waals surface area contributed by atoms with Gasteiger partial charge in [0.2, 0.25) is 0 Å². The molecule has 0 amide bonds. The number of benzene rings is 1. The lowest BCUT2D eigenvalue weighted by atomic mass is 9.91. The average Bonchev–Trinajstić information content (AvgIpc) is 2.89. The molecular weight excluding hydrogens is 324 g/mol. The molecule has 5 heteroatoms. The van der Waals surface area contributed by atoms with Crippen LogP contribution in [0.25, 0.3) is 5.69 Å². The van der Waals surface area contributed by atoms with E-state index in [1.807, 2.05) is 12.1 Å². The summed E-state index contributed by atoms with van der Waals surface area (Å²) in [6.45, 7) is 6.80. The number of fused-ring (bicyclic) bond motifs is 1. The smallest absolute Gasteiger partial charge is 0.133 e. The summed E-state index contributed by atoms with van der Waals surface area (Å²) in [6, 6.07) is 8.22. The Kier molecular flexibility index (Phi) is 5.16. The first-order chi connectivity index (χ1) is 12.8. The zero-order valence-corrected chi connectivity index (χ0v) is 16.0. The van der Waals surface area contributed by atoms with Gasteiger partial charge in [-0.05, 0) is 69.5 Å². The molecule has 140 valence electrons. The van der Waals surface area contributed by atoms with Gasteiger partial charge in [-0.2, -0.15) is 5.10 Å². The highest BCUT2D eigenvalue weighted by atomic mass is 16.5. The first-order valence-electron chi connectivity index (χ1n) is 10.0. The van der Waals surface area contributed by atoms with Crippen LogP contribution in [0.2, 0.25) is 0 Å². The molecule has 2 aliphatic heterocycles. The van der Waals surface area contributed by atoms with Gasteiger partial charge in [0.1, 0.15) is 11.6 Å². The summed E-state index contributed by atoms with van der Waals surface area (Å²) < 4.78 is 7.44. The van der Waals surface area contributed by atoms with Crippen LogP contribution < -0.4 is 10.1 Å². The lowest BCUT2D eigenvalue weighted by Crippen LogP contribution is -2.34. The lowest BCUT2D eigenvalue weighted by molar-refractivity contribution is 0.215. The van der Waals surface area contributed by atoms with Gasteiger partial charge in [0.25, 0.3) is 0 Å². The van der Waals surface area contributed by atoms with Crippen molar-refractivity contribution in [1.82, 2.24) is 14.7 Å². The van der Waals surface area contributed by atoms with E-state index in [2.05, 4.69) is 34.0 Å². The molecule has 1 aromatic carbocycles. The Morgan fingerprint density at radius 3 is 2.81 bits per heavy atom. The number of aromatic nitrogens is 2. The number of nitrogens with zero attached hydrogens (tertiary/aromatic N) is 3. The Hall–Kier alpha value is -2.01. The summed E-state index contributed by atoms with van der Waals surface area (Å²) in [5, 5.41) is 8.80. The summed E-state index contributed by atoms with van der Waals surface area (Å²) in [5.41, 5.74) is 3.87. The highest BCUT2D eigenvalue weighted by molar-refractivity contribution is 5.55. The van der Waals surface area contributed by atoms with Crippen molar-refractivity contribution >= 4 is 5.82 Å². The molecule has 2 aliphatic rings. The molecule has 26 heavy (non-hydrogen) atoms. The van der Waals surface area contributed by atoms with Crippen molar-refractivity contribution < 1.29 is 4.74 Å². The normalized spacial score (nSPS) is 20.9. The molecule has 1 aromatic heterocycles. The van der Waals surface area contributed by atoms with E-state index in [0.717, 1.165) is 37.5 Å². The maximum atomic E-state index is 5.31. The van der Waals surface area contributed by atoms with Crippen molar-refractivity contribution in [3.8, 4) is 11.4 Å². The minimum Gasteiger partial charge on any atom is -0.497 e. The molecule has 0 bridgehead atoms. The number of piperidine rings is 1. The number of rotatable bonds is 4. The van der Waals surface area contributed by atoms with E-state index in [-0.39, 0.29) is 0 Å². The third kappa shape index (κ3) is 3.32. The number of likely N-dealkylation sites (N-methyl/N-ethyl adjacent to an activating group) is 1. The number of likely N-dealkylation sites (tertiary alicyclic amines) is 1. The minimum absolute atomic E-state index is 0.553. The Morgan fingerprint density at radius 2 is 2.04 bits per heavy atom. The number of hydrogen-bond acceptors (Lipinski definition) is 4. The summed E-state index contributed by atoms with van der Waals surface area (Å²) in [5.74, 6) is 2.64. The highest BCUT2D eigenvalue weighted by Crippen LogP contribution is 2.35. The summed E-state index contributed by atoms with van der Waals surface area (Å²) in [4.78, 5) is 2.57. The Balaban J connectivity index is 1.73. The zero-order valence-electron chi connectivity index (χ0n) is 16.0. The molecular formula is C21H30N4O. The fourth-order valence-electron chi connectivity index (χ4n) is 4.33. The van der Waals surface area contributed by atoms with E-state index in [9.17, 15) is 0 Å². The molecule has 1 atom stereocenters. The number of methoxy groups -OCH3 is 1. The molecule has 1 unspecified atom stereocenters. The lowest BCUT2D eigenvalue weighted by Gasteiger charge is -2.31. The monoisotopic (exact) mass is 354 g/mol. The minimum atomic E-state index is 0.553. The first-order valence-corrected chi connectivity index (χ1v) is 10.0. The van der Waals surface area contributed by atoms with Crippen LogP contribution in [0.3, 0.4) is 0 Å². The Morgan fingerprint density at radius 1 is 1.19 bits per heavy atom. The Labute approximate surface area is 156 Å². The van der Waals surface area contributed by atoms with Gasteiger partial charge in [-0.25, -0.2) is 4.68 Å². The molecule has 1 N–H and O–H groups in total. The molecule has 0 saturated carbocycles. The van der Waals surface area contributed by atoms with Crippen molar-refractivity contribution in [1.29, 1.82) is 0 Å². The van der Waals surface area contributed by atoms with Crippen LogP contribution in [0.1, 0.15) is 49.8 Å². The van der Waals surface area contributed by atoms with Gasteiger partial charge >= 0.3 is 0 Å². The van der Waals surface area contributed by atoms with Crippen LogP contribution in [-0.4, -0.2) is 48.0 Å². The third-order valence-corrected chi connectivity index (χ3v) is 5.82. The second-order valence-electron chi connectivity index (χ2n) is 7.44. The van der Waals surface area contributed by atoms with Gasteiger partial charge in [-0.1, -0.05) is 6.92 Å². The summed E-state index contributed by atoms with van der Waals surface area (Å²) >= 11 is 0. The molecule has 4 rings (SSSR count). The molecule has 1 fully saturated rings. The van der Waals surface area contributed by atoms with Gasteiger partial charge in [-0.15, -0.1) is 0 Å². The average molecular weight is 354 g/mol. The van der Waals surface area contributed by atoms with Crippen molar-refractivity contribution in [3.63, 3.8) is 0 Å².